The molecule has 0 fully saturated rings. The monoisotopic (exact) mass is 382 g/mol. The molecule has 2 aromatic rings. The van der Waals surface area contributed by atoms with E-state index >= 15 is 0 Å². The number of carbonyl (C=O) groups is 1. The van der Waals surface area contributed by atoms with Gasteiger partial charge in [0.05, 0.1) is 20.1 Å². The molecular weight excluding hydrogens is 368 g/mol. The number of amides is 1. The van der Waals surface area contributed by atoms with E-state index in [4.69, 9.17) is 5.73 Å². The first-order chi connectivity index (χ1) is 10.1. The van der Waals surface area contributed by atoms with Crippen molar-refractivity contribution in [3.63, 3.8) is 0 Å². The van der Waals surface area contributed by atoms with Gasteiger partial charge in [-0.1, -0.05) is 11.8 Å². The molecule has 110 valence electrons. The van der Waals surface area contributed by atoms with E-state index in [1.165, 1.54) is 16.2 Å². The Morgan fingerprint density at radius 3 is 2.90 bits per heavy atom. The minimum absolute atomic E-state index is 0.0421. The highest BCUT2D eigenvalue weighted by Crippen LogP contribution is 2.23. The van der Waals surface area contributed by atoms with Crippen LogP contribution in [0.4, 0.5) is 0 Å². The number of aryl methyl sites for hydroxylation is 1. The van der Waals surface area contributed by atoms with Gasteiger partial charge in [-0.15, -0.1) is 22.7 Å². The SMILES string of the molecule is Cc1cc(C(=O)NCCc2ccc(Br)s2)sc1C#CCN. The molecule has 1 amide bonds. The van der Waals surface area contributed by atoms with Gasteiger partial charge in [0.1, 0.15) is 0 Å². The first-order valence-electron chi connectivity index (χ1n) is 6.42. The van der Waals surface area contributed by atoms with Gasteiger partial charge in [-0.25, -0.2) is 0 Å². The van der Waals surface area contributed by atoms with Crippen molar-refractivity contribution >= 4 is 44.5 Å². The molecule has 0 aliphatic heterocycles. The summed E-state index contributed by atoms with van der Waals surface area (Å²) in [6.07, 6.45) is 0.839. The Kier molecular flexibility index (Phi) is 6.00. The van der Waals surface area contributed by atoms with Gasteiger partial charge >= 0.3 is 0 Å². The molecular formula is C15H15BrN2OS2. The molecule has 2 rings (SSSR count). The van der Waals surface area contributed by atoms with Crippen molar-refractivity contribution in [2.45, 2.75) is 13.3 Å². The van der Waals surface area contributed by atoms with Crippen molar-refractivity contribution in [3.05, 3.63) is 42.2 Å². The quantitative estimate of drug-likeness (QED) is 0.797. The van der Waals surface area contributed by atoms with Crippen molar-refractivity contribution in [2.75, 3.05) is 13.1 Å². The van der Waals surface area contributed by atoms with Crippen LogP contribution < -0.4 is 11.1 Å². The van der Waals surface area contributed by atoms with Gasteiger partial charge in [0.2, 0.25) is 0 Å². The summed E-state index contributed by atoms with van der Waals surface area (Å²) in [5, 5.41) is 2.94. The lowest BCUT2D eigenvalue weighted by atomic mass is 10.2. The van der Waals surface area contributed by atoms with Gasteiger partial charge in [-0.3, -0.25) is 4.79 Å². The average Bonchev–Trinajstić information content (AvgIpc) is 3.03. The second-order valence-electron chi connectivity index (χ2n) is 4.34. The fraction of sp³-hybridized carbons (Fsp3) is 0.267. The van der Waals surface area contributed by atoms with Crippen LogP contribution >= 0.6 is 38.6 Å². The van der Waals surface area contributed by atoms with E-state index in [1.807, 2.05) is 19.1 Å². The molecule has 3 N–H and O–H groups in total. The molecule has 0 aliphatic carbocycles. The molecule has 0 radical (unpaired) electrons. The maximum atomic E-state index is 12.1. The van der Waals surface area contributed by atoms with Crippen molar-refractivity contribution in [2.24, 2.45) is 5.73 Å². The zero-order chi connectivity index (χ0) is 15.2. The normalized spacial score (nSPS) is 10.0. The van der Waals surface area contributed by atoms with E-state index in [9.17, 15) is 4.79 Å². The highest BCUT2D eigenvalue weighted by Gasteiger charge is 2.11. The second-order valence-corrected chi connectivity index (χ2v) is 7.94. The number of rotatable bonds is 4. The number of halogens is 1. The largest absolute Gasteiger partial charge is 0.351 e. The van der Waals surface area contributed by atoms with E-state index in [-0.39, 0.29) is 5.91 Å². The van der Waals surface area contributed by atoms with Crippen LogP contribution in [-0.2, 0) is 6.42 Å². The maximum absolute atomic E-state index is 12.1. The fourth-order valence-electron chi connectivity index (χ4n) is 1.72. The number of thiophene rings is 2. The van der Waals surface area contributed by atoms with Gasteiger partial charge in [0.15, 0.2) is 0 Å². The Bertz CT molecular complexity index is 694. The number of nitrogens with one attached hydrogen (secondary N) is 1. The van der Waals surface area contributed by atoms with Gasteiger partial charge in [-0.2, -0.15) is 0 Å². The zero-order valence-corrected chi connectivity index (χ0v) is 14.8. The molecule has 2 heterocycles. The predicted molar refractivity (Wildman–Crippen MR) is 93.0 cm³/mol. The number of hydrogen-bond acceptors (Lipinski definition) is 4. The molecule has 0 atom stereocenters. The molecule has 0 bridgehead atoms. The summed E-state index contributed by atoms with van der Waals surface area (Å²) in [7, 11) is 0. The summed E-state index contributed by atoms with van der Waals surface area (Å²) < 4.78 is 1.11. The first kappa shape index (κ1) is 16.2. The van der Waals surface area contributed by atoms with Gasteiger partial charge in [0, 0.05) is 11.4 Å². The van der Waals surface area contributed by atoms with Crippen LogP contribution in [0.5, 0.6) is 0 Å². The smallest absolute Gasteiger partial charge is 0.261 e. The molecule has 0 saturated carbocycles. The third-order valence-corrected chi connectivity index (χ3v) is 5.57. The summed E-state index contributed by atoms with van der Waals surface area (Å²) in [6, 6.07) is 5.96. The maximum Gasteiger partial charge on any atom is 0.261 e. The highest BCUT2D eigenvalue weighted by atomic mass is 79.9. The van der Waals surface area contributed by atoms with Gasteiger partial charge in [0.25, 0.3) is 5.91 Å². The number of hydrogen-bond donors (Lipinski definition) is 2. The van der Waals surface area contributed by atoms with Crippen LogP contribution in [-0.4, -0.2) is 19.0 Å². The minimum atomic E-state index is -0.0421. The summed E-state index contributed by atoms with van der Waals surface area (Å²) in [6.45, 7) is 2.92. The van der Waals surface area contributed by atoms with Crippen LogP contribution in [0, 0.1) is 18.8 Å². The van der Waals surface area contributed by atoms with Crippen LogP contribution in [0.25, 0.3) is 0 Å². The van der Waals surface area contributed by atoms with Gasteiger partial charge < -0.3 is 11.1 Å². The Hall–Kier alpha value is -1.13. The lowest BCUT2D eigenvalue weighted by Crippen LogP contribution is -2.24. The third kappa shape index (κ3) is 4.68. The Morgan fingerprint density at radius 2 is 2.24 bits per heavy atom. The van der Waals surface area contributed by atoms with Crippen LogP contribution in [0.1, 0.15) is 25.0 Å². The summed E-state index contributed by atoms with van der Waals surface area (Å²) in [5.41, 5.74) is 6.39. The Morgan fingerprint density at radius 1 is 1.43 bits per heavy atom. The van der Waals surface area contributed by atoms with E-state index in [0.29, 0.717) is 18.0 Å². The molecule has 2 aromatic heterocycles. The lowest BCUT2D eigenvalue weighted by Gasteiger charge is -2.01. The van der Waals surface area contributed by atoms with Crippen molar-refractivity contribution in [3.8, 4) is 11.8 Å². The number of carbonyl (C=O) groups excluding carboxylic acids is 1. The summed E-state index contributed by atoms with van der Waals surface area (Å²) >= 11 is 6.53. The summed E-state index contributed by atoms with van der Waals surface area (Å²) in [5.74, 6) is 5.77. The number of nitrogens with two attached hydrogens (primary N) is 1. The van der Waals surface area contributed by atoms with Crippen molar-refractivity contribution in [1.29, 1.82) is 0 Å². The molecule has 0 spiro atoms. The highest BCUT2D eigenvalue weighted by molar-refractivity contribution is 9.11. The van der Waals surface area contributed by atoms with Crippen LogP contribution in [0.15, 0.2) is 22.0 Å². The van der Waals surface area contributed by atoms with Crippen LogP contribution in [0.3, 0.4) is 0 Å². The second kappa shape index (κ2) is 7.76. The lowest BCUT2D eigenvalue weighted by molar-refractivity contribution is 0.0958. The van der Waals surface area contributed by atoms with Crippen molar-refractivity contribution in [1.82, 2.24) is 5.32 Å². The molecule has 6 heteroatoms. The fourth-order valence-corrected chi connectivity index (χ4v) is 4.17. The predicted octanol–water partition coefficient (Wildman–Crippen LogP) is 3.16. The summed E-state index contributed by atoms with van der Waals surface area (Å²) in [4.78, 5) is 15.0. The van der Waals surface area contributed by atoms with E-state index < -0.39 is 0 Å². The van der Waals surface area contributed by atoms with E-state index in [1.54, 1.807) is 11.3 Å². The topological polar surface area (TPSA) is 55.1 Å². The zero-order valence-electron chi connectivity index (χ0n) is 11.5. The molecule has 0 aromatic carbocycles. The molecule has 3 nitrogen and oxygen atoms in total. The molecule has 0 aliphatic rings. The molecule has 0 saturated heterocycles. The molecule has 0 unspecified atom stereocenters. The van der Waals surface area contributed by atoms with Crippen LogP contribution in [0.2, 0.25) is 0 Å². The minimum Gasteiger partial charge on any atom is -0.351 e. The first-order valence-corrected chi connectivity index (χ1v) is 8.84. The average molecular weight is 383 g/mol. The molecule has 21 heavy (non-hydrogen) atoms. The third-order valence-electron chi connectivity index (χ3n) is 2.73. The Balaban J connectivity index is 1.91. The van der Waals surface area contributed by atoms with E-state index in [2.05, 4.69) is 39.2 Å². The Labute approximate surface area is 140 Å². The van der Waals surface area contributed by atoms with Crippen molar-refractivity contribution < 1.29 is 4.79 Å². The van der Waals surface area contributed by atoms with E-state index in [0.717, 1.165) is 20.6 Å². The standard InChI is InChI=1S/C15H15BrN2OS2/c1-10-9-13(21-12(10)3-2-7-17)15(19)18-8-6-11-4-5-14(16)20-11/h4-5,9H,6-8,17H2,1H3,(H,18,19). The van der Waals surface area contributed by atoms with Gasteiger partial charge in [-0.05, 0) is 53.0 Å².